The standard InChI is InChI=1S/C21H21FN2OS/c1-13(2)17-6-4-5-7-18(17)24-21(25)20-14(3)23-19(26-20)12-15-8-10-16(22)11-9-15/h4-11,13H,12H2,1-3H3,(H,24,25). The van der Waals surface area contributed by atoms with Crippen LogP contribution in [0.3, 0.4) is 0 Å². The molecule has 1 aromatic heterocycles. The fourth-order valence-electron chi connectivity index (χ4n) is 2.81. The normalized spacial score (nSPS) is 11.0. The van der Waals surface area contributed by atoms with Crippen LogP contribution in [0.15, 0.2) is 48.5 Å². The molecule has 1 amide bonds. The van der Waals surface area contributed by atoms with E-state index >= 15 is 0 Å². The monoisotopic (exact) mass is 368 g/mol. The first-order valence-corrected chi connectivity index (χ1v) is 9.36. The summed E-state index contributed by atoms with van der Waals surface area (Å²) >= 11 is 1.38. The highest BCUT2D eigenvalue weighted by Crippen LogP contribution is 2.26. The van der Waals surface area contributed by atoms with E-state index in [1.54, 1.807) is 12.1 Å². The molecule has 0 saturated heterocycles. The molecule has 26 heavy (non-hydrogen) atoms. The number of carbonyl (C=O) groups is 1. The summed E-state index contributed by atoms with van der Waals surface area (Å²) in [5.74, 6) is -0.0745. The van der Waals surface area contributed by atoms with Gasteiger partial charge in [-0.3, -0.25) is 4.79 Å². The van der Waals surface area contributed by atoms with Crippen LogP contribution in [-0.4, -0.2) is 10.9 Å². The molecule has 3 nitrogen and oxygen atoms in total. The predicted octanol–water partition coefficient (Wildman–Crippen LogP) is 5.56. The maximum Gasteiger partial charge on any atom is 0.267 e. The molecule has 0 aliphatic rings. The first-order chi connectivity index (χ1) is 12.4. The Labute approximate surface area is 156 Å². The van der Waals surface area contributed by atoms with Crippen LogP contribution in [0.5, 0.6) is 0 Å². The summed E-state index contributed by atoms with van der Waals surface area (Å²) in [6.45, 7) is 6.04. The molecule has 0 bridgehead atoms. The average Bonchev–Trinajstić information content (AvgIpc) is 2.97. The lowest BCUT2D eigenvalue weighted by molar-refractivity contribution is 0.102. The van der Waals surface area contributed by atoms with E-state index in [1.165, 1.54) is 23.5 Å². The van der Waals surface area contributed by atoms with Gasteiger partial charge in [0, 0.05) is 12.1 Å². The van der Waals surface area contributed by atoms with Crippen molar-refractivity contribution < 1.29 is 9.18 Å². The molecule has 0 radical (unpaired) electrons. The maximum absolute atomic E-state index is 13.0. The van der Waals surface area contributed by atoms with Gasteiger partial charge in [-0.1, -0.05) is 44.2 Å². The Bertz CT molecular complexity index is 916. The number of carbonyl (C=O) groups excluding carboxylic acids is 1. The van der Waals surface area contributed by atoms with Crippen molar-refractivity contribution >= 4 is 22.9 Å². The van der Waals surface area contributed by atoms with Crippen molar-refractivity contribution in [3.05, 3.63) is 81.1 Å². The van der Waals surface area contributed by atoms with Crippen molar-refractivity contribution in [1.82, 2.24) is 4.98 Å². The molecule has 134 valence electrons. The molecule has 3 rings (SSSR count). The first kappa shape index (κ1) is 18.3. The molecule has 0 saturated carbocycles. The van der Waals surface area contributed by atoms with Gasteiger partial charge in [0.15, 0.2) is 0 Å². The minimum atomic E-state index is -0.257. The Balaban J connectivity index is 1.78. The van der Waals surface area contributed by atoms with Crippen LogP contribution in [0, 0.1) is 12.7 Å². The summed E-state index contributed by atoms with van der Waals surface area (Å²) in [4.78, 5) is 17.9. The number of anilines is 1. The lowest BCUT2D eigenvalue weighted by Crippen LogP contribution is -2.13. The number of hydrogen-bond acceptors (Lipinski definition) is 3. The van der Waals surface area contributed by atoms with Gasteiger partial charge in [-0.15, -0.1) is 11.3 Å². The van der Waals surface area contributed by atoms with Gasteiger partial charge in [-0.05, 0) is 42.2 Å². The molecule has 0 unspecified atom stereocenters. The number of nitrogens with zero attached hydrogens (tertiary/aromatic N) is 1. The second-order valence-corrected chi connectivity index (χ2v) is 7.61. The van der Waals surface area contributed by atoms with E-state index < -0.39 is 0 Å². The third-order valence-electron chi connectivity index (χ3n) is 4.15. The molecule has 1 N–H and O–H groups in total. The molecule has 1 heterocycles. The number of aromatic nitrogens is 1. The fraction of sp³-hybridized carbons (Fsp3) is 0.238. The molecular weight excluding hydrogens is 347 g/mol. The third-order valence-corrected chi connectivity index (χ3v) is 5.30. The van der Waals surface area contributed by atoms with E-state index in [0.29, 0.717) is 22.9 Å². The van der Waals surface area contributed by atoms with Crippen LogP contribution < -0.4 is 5.32 Å². The van der Waals surface area contributed by atoms with Gasteiger partial charge < -0.3 is 5.32 Å². The summed E-state index contributed by atoms with van der Waals surface area (Å²) in [5, 5.41) is 3.86. The summed E-state index contributed by atoms with van der Waals surface area (Å²) in [6.07, 6.45) is 0.585. The van der Waals surface area contributed by atoms with E-state index in [-0.39, 0.29) is 11.7 Å². The van der Waals surface area contributed by atoms with Crippen LogP contribution in [0.25, 0.3) is 0 Å². The van der Waals surface area contributed by atoms with Crippen LogP contribution >= 0.6 is 11.3 Å². The van der Waals surface area contributed by atoms with E-state index in [2.05, 4.69) is 24.1 Å². The van der Waals surface area contributed by atoms with Crippen LogP contribution in [0.1, 0.15) is 51.3 Å². The van der Waals surface area contributed by atoms with Gasteiger partial charge in [0.1, 0.15) is 10.7 Å². The number of halogens is 1. The number of amides is 1. The van der Waals surface area contributed by atoms with Gasteiger partial charge >= 0.3 is 0 Å². The van der Waals surface area contributed by atoms with E-state index in [9.17, 15) is 9.18 Å². The lowest BCUT2D eigenvalue weighted by atomic mass is 10.0. The largest absolute Gasteiger partial charge is 0.321 e. The Morgan fingerprint density at radius 2 is 1.85 bits per heavy atom. The summed E-state index contributed by atoms with van der Waals surface area (Å²) in [6, 6.07) is 14.2. The zero-order valence-corrected chi connectivity index (χ0v) is 15.9. The Morgan fingerprint density at radius 1 is 1.15 bits per heavy atom. The number of hydrogen-bond donors (Lipinski definition) is 1. The van der Waals surface area contributed by atoms with Crippen molar-refractivity contribution in [2.45, 2.75) is 33.1 Å². The molecule has 0 fully saturated rings. The fourth-order valence-corrected chi connectivity index (χ4v) is 3.80. The second-order valence-electron chi connectivity index (χ2n) is 6.52. The Morgan fingerprint density at radius 3 is 2.54 bits per heavy atom. The van der Waals surface area contributed by atoms with Gasteiger partial charge in [0.2, 0.25) is 0 Å². The predicted molar refractivity (Wildman–Crippen MR) is 105 cm³/mol. The third kappa shape index (κ3) is 4.17. The van der Waals surface area contributed by atoms with Gasteiger partial charge in [0.05, 0.1) is 10.7 Å². The van der Waals surface area contributed by atoms with E-state index in [4.69, 9.17) is 0 Å². The maximum atomic E-state index is 13.0. The zero-order valence-electron chi connectivity index (χ0n) is 15.0. The van der Waals surface area contributed by atoms with Crippen molar-refractivity contribution in [2.75, 3.05) is 5.32 Å². The van der Waals surface area contributed by atoms with E-state index in [1.807, 2.05) is 31.2 Å². The minimum Gasteiger partial charge on any atom is -0.321 e. The lowest BCUT2D eigenvalue weighted by Gasteiger charge is -2.13. The molecule has 0 aliphatic heterocycles. The number of rotatable bonds is 5. The highest BCUT2D eigenvalue weighted by atomic mass is 32.1. The highest BCUT2D eigenvalue weighted by molar-refractivity contribution is 7.14. The molecule has 3 aromatic rings. The number of nitrogens with one attached hydrogen (secondary N) is 1. The molecule has 0 atom stereocenters. The van der Waals surface area contributed by atoms with Crippen molar-refractivity contribution in [3.8, 4) is 0 Å². The Hall–Kier alpha value is -2.53. The number of para-hydroxylation sites is 1. The molecule has 2 aromatic carbocycles. The molecular formula is C21H21FN2OS. The first-order valence-electron chi connectivity index (χ1n) is 8.55. The van der Waals surface area contributed by atoms with Crippen molar-refractivity contribution in [2.24, 2.45) is 0 Å². The number of benzene rings is 2. The van der Waals surface area contributed by atoms with Gasteiger partial charge in [-0.2, -0.15) is 0 Å². The van der Waals surface area contributed by atoms with Gasteiger partial charge in [-0.25, -0.2) is 9.37 Å². The summed E-state index contributed by atoms with van der Waals surface area (Å²) in [7, 11) is 0. The minimum absolute atomic E-state index is 0.140. The quantitative estimate of drug-likeness (QED) is 0.641. The summed E-state index contributed by atoms with van der Waals surface area (Å²) < 4.78 is 13.0. The zero-order chi connectivity index (χ0) is 18.7. The molecule has 5 heteroatoms. The van der Waals surface area contributed by atoms with E-state index in [0.717, 1.165) is 21.8 Å². The highest BCUT2D eigenvalue weighted by Gasteiger charge is 2.17. The van der Waals surface area contributed by atoms with Crippen molar-refractivity contribution in [3.63, 3.8) is 0 Å². The van der Waals surface area contributed by atoms with Crippen LogP contribution in [0.4, 0.5) is 10.1 Å². The SMILES string of the molecule is Cc1nc(Cc2ccc(F)cc2)sc1C(=O)Nc1ccccc1C(C)C. The average molecular weight is 368 g/mol. The van der Waals surface area contributed by atoms with Crippen LogP contribution in [0.2, 0.25) is 0 Å². The summed E-state index contributed by atoms with van der Waals surface area (Å²) in [5.41, 5.74) is 3.62. The number of aryl methyl sites for hydroxylation is 1. The smallest absolute Gasteiger partial charge is 0.267 e. The van der Waals surface area contributed by atoms with Crippen molar-refractivity contribution in [1.29, 1.82) is 0 Å². The molecule has 0 aliphatic carbocycles. The Kier molecular flexibility index (Phi) is 5.47. The number of thiazole rings is 1. The molecule has 0 spiro atoms. The topological polar surface area (TPSA) is 42.0 Å². The van der Waals surface area contributed by atoms with Gasteiger partial charge in [0.25, 0.3) is 5.91 Å². The van der Waals surface area contributed by atoms with Crippen LogP contribution in [-0.2, 0) is 6.42 Å². The second kappa shape index (κ2) is 7.79.